The molecule has 0 bridgehead atoms. The Kier molecular flexibility index (Phi) is 5.31. The number of halogens is 1. The van der Waals surface area contributed by atoms with Crippen LogP contribution in [0.1, 0.15) is 31.9 Å². The first kappa shape index (κ1) is 19.5. The SMILES string of the molecule is CC(C)(C)c1ccc(S(=O)(=O)Nc2cccc(Cn3cc(Cl)cn3)c2)cc1. The van der Waals surface area contributed by atoms with Crippen LogP contribution in [-0.4, -0.2) is 18.2 Å². The van der Waals surface area contributed by atoms with Crippen molar-refractivity contribution >= 4 is 27.3 Å². The molecule has 1 aromatic heterocycles. The Morgan fingerprint density at radius 3 is 2.41 bits per heavy atom. The molecule has 3 rings (SSSR count). The van der Waals surface area contributed by atoms with Gasteiger partial charge in [0, 0.05) is 11.9 Å². The number of sulfonamides is 1. The third kappa shape index (κ3) is 4.90. The average Bonchev–Trinajstić information content (AvgIpc) is 2.99. The van der Waals surface area contributed by atoms with Gasteiger partial charge in [0.15, 0.2) is 0 Å². The molecule has 1 N–H and O–H groups in total. The van der Waals surface area contributed by atoms with Crippen LogP contribution in [0.25, 0.3) is 0 Å². The first-order chi connectivity index (χ1) is 12.6. The van der Waals surface area contributed by atoms with Gasteiger partial charge in [-0.3, -0.25) is 9.40 Å². The maximum atomic E-state index is 12.7. The molecule has 0 radical (unpaired) electrons. The van der Waals surface area contributed by atoms with E-state index >= 15 is 0 Å². The molecule has 7 heteroatoms. The molecule has 0 aliphatic carbocycles. The third-order valence-electron chi connectivity index (χ3n) is 4.16. The monoisotopic (exact) mass is 403 g/mol. The summed E-state index contributed by atoms with van der Waals surface area (Å²) in [5, 5.41) is 4.70. The highest BCUT2D eigenvalue weighted by Crippen LogP contribution is 2.24. The molecule has 0 spiro atoms. The van der Waals surface area contributed by atoms with Crippen molar-refractivity contribution in [2.45, 2.75) is 37.6 Å². The molecule has 0 unspecified atom stereocenters. The van der Waals surface area contributed by atoms with Crippen molar-refractivity contribution in [2.75, 3.05) is 4.72 Å². The second-order valence-electron chi connectivity index (χ2n) is 7.44. The molecule has 142 valence electrons. The summed E-state index contributed by atoms with van der Waals surface area (Å²) >= 11 is 5.88. The molecule has 2 aromatic carbocycles. The zero-order valence-corrected chi connectivity index (χ0v) is 17.1. The molecule has 0 atom stereocenters. The van der Waals surface area contributed by atoms with Crippen LogP contribution in [0, 0.1) is 0 Å². The highest BCUT2D eigenvalue weighted by Gasteiger charge is 2.17. The molecular formula is C20H22ClN3O2S. The molecule has 0 saturated heterocycles. The fraction of sp³-hybridized carbons (Fsp3) is 0.250. The smallest absolute Gasteiger partial charge is 0.261 e. The Morgan fingerprint density at radius 1 is 1.11 bits per heavy atom. The molecule has 3 aromatic rings. The summed E-state index contributed by atoms with van der Waals surface area (Å²) < 4.78 is 29.7. The third-order valence-corrected chi connectivity index (χ3v) is 5.75. The molecule has 0 aliphatic rings. The molecule has 27 heavy (non-hydrogen) atoms. The van der Waals surface area contributed by atoms with Crippen molar-refractivity contribution in [2.24, 2.45) is 0 Å². The lowest BCUT2D eigenvalue weighted by molar-refractivity contribution is 0.587. The number of rotatable bonds is 5. The van der Waals surface area contributed by atoms with E-state index in [2.05, 4.69) is 30.6 Å². The molecule has 0 amide bonds. The van der Waals surface area contributed by atoms with Crippen LogP contribution in [0.5, 0.6) is 0 Å². The van der Waals surface area contributed by atoms with Gasteiger partial charge in [0.05, 0.1) is 22.7 Å². The Morgan fingerprint density at radius 2 is 1.81 bits per heavy atom. The summed E-state index contributed by atoms with van der Waals surface area (Å²) in [5.74, 6) is 0. The number of nitrogens with one attached hydrogen (secondary N) is 1. The lowest BCUT2D eigenvalue weighted by atomic mass is 9.87. The standard InChI is InChI=1S/C20H22ClN3O2S/c1-20(2,3)16-7-9-19(10-8-16)27(25,26)23-18-6-4-5-15(11-18)13-24-14-17(21)12-22-24/h4-12,14,23H,13H2,1-3H3. The Hall–Kier alpha value is -2.31. The number of nitrogens with zero attached hydrogens (tertiary/aromatic N) is 2. The summed E-state index contributed by atoms with van der Waals surface area (Å²) in [4.78, 5) is 0.236. The normalized spacial score (nSPS) is 12.1. The van der Waals surface area contributed by atoms with Crippen molar-refractivity contribution in [3.05, 3.63) is 77.1 Å². The summed E-state index contributed by atoms with van der Waals surface area (Å²) in [6.45, 7) is 6.77. The molecular weight excluding hydrogens is 382 g/mol. The maximum absolute atomic E-state index is 12.7. The van der Waals surface area contributed by atoms with Gasteiger partial charge in [0.2, 0.25) is 0 Å². The van der Waals surface area contributed by atoms with Gasteiger partial charge < -0.3 is 0 Å². The minimum atomic E-state index is -3.65. The highest BCUT2D eigenvalue weighted by atomic mass is 35.5. The van der Waals surface area contributed by atoms with E-state index in [1.165, 1.54) is 0 Å². The van der Waals surface area contributed by atoms with E-state index in [1.807, 2.05) is 18.2 Å². The van der Waals surface area contributed by atoms with Crippen molar-refractivity contribution in [3.63, 3.8) is 0 Å². The van der Waals surface area contributed by atoms with Gasteiger partial charge >= 0.3 is 0 Å². The summed E-state index contributed by atoms with van der Waals surface area (Å²) in [6.07, 6.45) is 3.28. The van der Waals surface area contributed by atoms with Crippen LogP contribution in [-0.2, 0) is 22.0 Å². The van der Waals surface area contributed by atoms with E-state index in [0.29, 0.717) is 17.3 Å². The van der Waals surface area contributed by atoms with E-state index in [-0.39, 0.29) is 10.3 Å². The van der Waals surface area contributed by atoms with Gasteiger partial charge in [0.25, 0.3) is 10.0 Å². The predicted octanol–water partition coefficient (Wildman–Crippen LogP) is 4.68. The summed E-state index contributed by atoms with van der Waals surface area (Å²) in [6, 6.07) is 14.2. The molecule has 0 aliphatic heterocycles. The topological polar surface area (TPSA) is 64.0 Å². The Balaban J connectivity index is 1.78. The van der Waals surface area contributed by atoms with Gasteiger partial charge in [-0.25, -0.2) is 8.42 Å². The Bertz CT molecular complexity index is 1040. The van der Waals surface area contributed by atoms with Crippen LogP contribution in [0.4, 0.5) is 5.69 Å². The first-order valence-electron chi connectivity index (χ1n) is 8.54. The number of hydrogen-bond acceptors (Lipinski definition) is 3. The van der Waals surface area contributed by atoms with Crippen LogP contribution in [0.2, 0.25) is 5.02 Å². The number of hydrogen-bond donors (Lipinski definition) is 1. The van der Waals surface area contributed by atoms with Crippen molar-refractivity contribution in [1.82, 2.24) is 9.78 Å². The van der Waals surface area contributed by atoms with Gasteiger partial charge in [0.1, 0.15) is 0 Å². The number of aromatic nitrogens is 2. The fourth-order valence-corrected chi connectivity index (χ4v) is 3.90. The molecule has 0 saturated carbocycles. The maximum Gasteiger partial charge on any atom is 0.261 e. The van der Waals surface area contributed by atoms with E-state index in [9.17, 15) is 8.42 Å². The van der Waals surface area contributed by atoms with E-state index in [4.69, 9.17) is 11.6 Å². The van der Waals surface area contributed by atoms with Gasteiger partial charge in [-0.2, -0.15) is 5.10 Å². The van der Waals surface area contributed by atoms with Crippen LogP contribution in [0.3, 0.4) is 0 Å². The van der Waals surface area contributed by atoms with E-state index in [0.717, 1.165) is 11.1 Å². The lowest BCUT2D eigenvalue weighted by Gasteiger charge is -2.19. The van der Waals surface area contributed by atoms with Gasteiger partial charge in [-0.1, -0.05) is 56.6 Å². The van der Waals surface area contributed by atoms with E-state index < -0.39 is 10.0 Å². The van der Waals surface area contributed by atoms with E-state index in [1.54, 1.807) is 47.4 Å². The van der Waals surface area contributed by atoms with Crippen LogP contribution < -0.4 is 4.72 Å². The Labute approximate surface area is 165 Å². The minimum Gasteiger partial charge on any atom is -0.280 e. The molecule has 5 nitrogen and oxygen atoms in total. The second kappa shape index (κ2) is 7.37. The van der Waals surface area contributed by atoms with Gasteiger partial charge in [-0.05, 0) is 40.8 Å². The quantitative estimate of drug-likeness (QED) is 0.672. The van der Waals surface area contributed by atoms with Crippen LogP contribution >= 0.6 is 11.6 Å². The second-order valence-corrected chi connectivity index (χ2v) is 9.56. The van der Waals surface area contributed by atoms with Crippen molar-refractivity contribution in [1.29, 1.82) is 0 Å². The largest absolute Gasteiger partial charge is 0.280 e. The lowest BCUT2D eigenvalue weighted by Crippen LogP contribution is -2.15. The number of anilines is 1. The van der Waals surface area contributed by atoms with Crippen LogP contribution in [0.15, 0.2) is 65.8 Å². The fourth-order valence-electron chi connectivity index (χ4n) is 2.69. The van der Waals surface area contributed by atoms with Crippen molar-refractivity contribution in [3.8, 4) is 0 Å². The first-order valence-corrected chi connectivity index (χ1v) is 10.4. The minimum absolute atomic E-state index is 0.0283. The zero-order valence-electron chi connectivity index (χ0n) is 15.5. The zero-order chi connectivity index (χ0) is 19.7. The predicted molar refractivity (Wildman–Crippen MR) is 109 cm³/mol. The summed E-state index contributed by atoms with van der Waals surface area (Å²) in [7, 11) is -3.65. The molecule has 0 fully saturated rings. The summed E-state index contributed by atoms with van der Waals surface area (Å²) in [5.41, 5.74) is 2.48. The molecule has 1 heterocycles. The van der Waals surface area contributed by atoms with Gasteiger partial charge in [-0.15, -0.1) is 0 Å². The van der Waals surface area contributed by atoms with Crippen molar-refractivity contribution < 1.29 is 8.42 Å². The highest BCUT2D eigenvalue weighted by molar-refractivity contribution is 7.92. The number of benzene rings is 2. The average molecular weight is 404 g/mol.